The molecule has 6 nitrogen and oxygen atoms in total. The molecule has 28 heavy (non-hydrogen) atoms. The number of hydrogen-bond donors (Lipinski definition) is 0. The summed E-state index contributed by atoms with van der Waals surface area (Å²) < 4.78 is 12.5. The molecule has 144 valence electrons. The van der Waals surface area contributed by atoms with Crippen LogP contribution in [0.15, 0.2) is 48.5 Å². The average molecular weight is 377 g/mol. The monoisotopic (exact) mass is 377 g/mol. The number of benzene rings is 2. The Kier molecular flexibility index (Phi) is 4.77. The summed E-state index contributed by atoms with van der Waals surface area (Å²) in [5.74, 6) is 1.16. The minimum atomic E-state index is -0.0465. The molecule has 1 aliphatic heterocycles. The third-order valence-electron chi connectivity index (χ3n) is 5.13. The fraction of sp³-hybridized carbons (Fsp3) is 0.273. The van der Waals surface area contributed by atoms with Crippen LogP contribution in [-0.4, -0.2) is 41.4 Å². The Labute approximate surface area is 164 Å². The van der Waals surface area contributed by atoms with Gasteiger partial charge in [-0.1, -0.05) is 30.3 Å². The van der Waals surface area contributed by atoms with Crippen molar-refractivity contribution in [3.8, 4) is 22.8 Å². The number of rotatable bonds is 4. The van der Waals surface area contributed by atoms with E-state index >= 15 is 0 Å². The molecule has 0 spiro atoms. The van der Waals surface area contributed by atoms with Gasteiger partial charge in [0, 0.05) is 36.3 Å². The molecule has 0 aliphatic carbocycles. The van der Waals surface area contributed by atoms with Gasteiger partial charge in [0.05, 0.1) is 32.2 Å². The van der Waals surface area contributed by atoms with Crippen molar-refractivity contribution >= 4 is 5.91 Å². The Morgan fingerprint density at radius 1 is 1.04 bits per heavy atom. The standard InChI is InChI=1S/C22H23N3O3/c1-24-21(15-7-5-4-6-8-15)19-9-10-25(14-20(19)23-24)22(26)16-11-17(27-2)13-18(12-16)28-3/h4-8,11-13H,9-10,14H2,1-3H3. The predicted octanol–water partition coefficient (Wildman–Crippen LogP) is 3.30. The van der Waals surface area contributed by atoms with Gasteiger partial charge in [0.15, 0.2) is 0 Å². The number of amides is 1. The smallest absolute Gasteiger partial charge is 0.254 e. The van der Waals surface area contributed by atoms with Gasteiger partial charge in [0.25, 0.3) is 5.91 Å². The SMILES string of the molecule is COc1cc(OC)cc(C(=O)N2CCc3c(nn(C)c3-c3ccccc3)C2)c1. The van der Waals surface area contributed by atoms with Crippen molar-refractivity contribution in [1.82, 2.24) is 14.7 Å². The maximum atomic E-state index is 13.1. The van der Waals surface area contributed by atoms with E-state index in [0.717, 1.165) is 23.4 Å². The van der Waals surface area contributed by atoms with Crippen LogP contribution in [0, 0.1) is 0 Å². The van der Waals surface area contributed by atoms with E-state index < -0.39 is 0 Å². The van der Waals surface area contributed by atoms with Crippen molar-refractivity contribution in [1.29, 1.82) is 0 Å². The van der Waals surface area contributed by atoms with Gasteiger partial charge >= 0.3 is 0 Å². The highest BCUT2D eigenvalue weighted by atomic mass is 16.5. The predicted molar refractivity (Wildman–Crippen MR) is 107 cm³/mol. The normalized spacial score (nSPS) is 13.2. The summed E-state index contributed by atoms with van der Waals surface area (Å²) in [6.45, 7) is 1.14. The Morgan fingerprint density at radius 2 is 1.71 bits per heavy atom. The van der Waals surface area contributed by atoms with Crippen LogP contribution in [0.25, 0.3) is 11.3 Å². The topological polar surface area (TPSA) is 56.6 Å². The molecular formula is C22H23N3O3. The van der Waals surface area contributed by atoms with Crippen LogP contribution in [0.1, 0.15) is 21.6 Å². The molecule has 0 saturated heterocycles. The quantitative estimate of drug-likeness (QED) is 0.700. The number of hydrogen-bond acceptors (Lipinski definition) is 4. The van der Waals surface area contributed by atoms with Crippen LogP contribution < -0.4 is 9.47 Å². The lowest BCUT2D eigenvalue weighted by Gasteiger charge is -2.27. The first-order valence-electron chi connectivity index (χ1n) is 9.23. The van der Waals surface area contributed by atoms with Crippen molar-refractivity contribution in [3.63, 3.8) is 0 Å². The lowest BCUT2D eigenvalue weighted by molar-refractivity contribution is 0.0731. The molecule has 1 aliphatic rings. The van der Waals surface area contributed by atoms with Crippen molar-refractivity contribution < 1.29 is 14.3 Å². The van der Waals surface area contributed by atoms with Gasteiger partial charge in [-0.05, 0) is 18.6 Å². The number of methoxy groups -OCH3 is 2. The number of aryl methyl sites for hydroxylation is 1. The molecule has 2 aromatic carbocycles. The van der Waals surface area contributed by atoms with E-state index in [1.807, 2.05) is 34.8 Å². The average Bonchev–Trinajstić information content (AvgIpc) is 3.08. The highest BCUT2D eigenvalue weighted by Gasteiger charge is 2.28. The van der Waals surface area contributed by atoms with Gasteiger partial charge in [-0.3, -0.25) is 9.48 Å². The summed E-state index contributed by atoms with van der Waals surface area (Å²) in [6.07, 6.45) is 0.778. The number of carbonyl (C=O) groups is 1. The van der Waals surface area contributed by atoms with Gasteiger partial charge in [0.2, 0.25) is 0 Å². The minimum absolute atomic E-state index is 0.0465. The molecular weight excluding hydrogens is 354 g/mol. The van der Waals surface area contributed by atoms with Crippen molar-refractivity contribution in [2.24, 2.45) is 7.05 Å². The first-order chi connectivity index (χ1) is 13.6. The highest BCUT2D eigenvalue weighted by molar-refractivity contribution is 5.95. The number of nitrogens with zero attached hydrogens (tertiary/aromatic N) is 3. The molecule has 3 aromatic rings. The van der Waals surface area contributed by atoms with Crippen molar-refractivity contribution in [2.45, 2.75) is 13.0 Å². The van der Waals surface area contributed by atoms with Gasteiger partial charge < -0.3 is 14.4 Å². The third-order valence-corrected chi connectivity index (χ3v) is 5.13. The zero-order valence-electron chi connectivity index (χ0n) is 16.3. The number of ether oxygens (including phenoxy) is 2. The summed E-state index contributed by atoms with van der Waals surface area (Å²) in [7, 11) is 5.12. The lowest BCUT2D eigenvalue weighted by atomic mass is 9.99. The molecule has 0 N–H and O–H groups in total. The van der Waals surface area contributed by atoms with E-state index in [-0.39, 0.29) is 5.91 Å². The molecule has 0 bridgehead atoms. The van der Waals surface area contributed by atoms with Gasteiger partial charge in [-0.15, -0.1) is 0 Å². The number of aromatic nitrogens is 2. The van der Waals surface area contributed by atoms with Crippen LogP contribution in [0.2, 0.25) is 0 Å². The van der Waals surface area contributed by atoms with E-state index in [9.17, 15) is 4.79 Å². The number of carbonyl (C=O) groups excluding carboxylic acids is 1. The summed E-state index contributed by atoms with van der Waals surface area (Å²) >= 11 is 0. The molecule has 0 fully saturated rings. The second kappa shape index (κ2) is 7.38. The van der Waals surface area contributed by atoms with Crippen LogP contribution >= 0.6 is 0 Å². The largest absolute Gasteiger partial charge is 0.497 e. The highest BCUT2D eigenvalue weighted by Crippen LogP contribution is 2.31. The van der Waals surface area contributed by atoms with Crippen LogP contribution in [0.5, 0.6) is 11.5 Å². The Balaban J connectivity index is 1.62. The summed E-state index contributed by atoms with van der Waals surface area (Å²) in [5.41, 5.74) is 5.01. The molecule has 6 heteroatoms. The van der Waals surface area contributed by atoms with E-state index in [0.29, 0.717) is 30.2 Å². The zero-order chi connectivity index (χ0) is 19.7. The molecule has 2 heterocycles. The van der Waals surface area contributed by atoms with Crippen LogP contribution in [0.4, 0.5) is 0 Å². The maximum Gasteiger partial charge on any atom is 0.254 e. The van der Waals surface area contributed by atoms with E-state index in [1.54, 1.807) is 32.4 Å². The molecule has 0 saturated carbocycles. The fourth-order valence-electron chi connectivity index (χ4n) is 3.76. The first-order valence-corrected chi connectivity index (χ1v) is 9.23. The van der Waals surface area contributed by atoms with Gasteiger partial charge in [-0.25, -0.2) is 0 Å². The molecule has 1 aromatic heterocycles. The molecule has 4 rings (SSSR count). The maximum absolute atomic E-state index is 13.1. The molecule has 0 unspecified atom stereocenters. The summed E-state index contributed by atoms with van der Waals surface area (Å²) in [5, 5.41) is 4.69. The van der Waals surface area contributed by atoms with E-state index in [4.69, 9.17) is 14.6 Å². The summed E-state index contributed by atoms with van der Waals surface area (Å²) in [6, 6.07) is 15.5. The Morgan fingerprint density at radius 3 is 2.36 bits per heavy atom. The van der Waals surface area contributed by atoms with Gasteiger partial charge in [-0.2, -0.15) is 5.10 Å². The first kappa shape index (κ1) is 18.1. The van der Waals surface area contributed by atoms with E-state index in [1.165, 1.54) is 5.56 Å². The molecule has 0 radical (unpaired) electrons. The van der Waals surface area contributed by atoms with Crippen LogP contribution in [0.3, 0.4) is 0 Å². The fourth-order valence-corrected chi connectivity index (χ4v) is 3.76. The number of fused-ring (bicyclic) bond motifs is 1. The Hall–Kier alpha value is -3.28. The third kappa shape index (κ3) is 3.22. The second-order valence-electron chi connectivity index (χ2n) is 6.84. The molecule has 1 amide bonds. The minimum Gasteiger partial charge on any atom is -0.497 e. The van der Waals surface area contributed by atoms with Crippen molar-refractivity contribution in [2.75, 3.05) is 20.8 Å². The van der Waals surface area contributed by atoms with Crippen LogP contribution in [-0.2, 0) is 20.0 Å². The lowest BCUT2D eigenvalue weighted by Crippen LogP contribution is -2.36. The second-order valence-corrected chi connectivity index (χ2v) is 6.84. The summed E-state index contributed by atoms with van der Waals surface area (Å²) in [4.78, 5) is 14.9. The molecule has 0 atom stereocenters. The van der Waals surface area contributed by atoms with Gasteiger partial charge in [0.1, 0.15) is 11.5 Å². The van der Waals surface area contributed by atoms with Crippen molar-refractivity contribution in [3.05, 3.63) is 65.4 Å². The Bertz CT molecular complexity index is 989. The zero-order valence-corrected chi connectivity index (χ0v) is 16.3. The van der Waals surface area contributed by atoms with E-state index in [2.05, 4.69) is 12.1 Å².